The highest BCUT2D eigenvalue weighted by molar-refractivity contribution is 6.33. The van der Waals surface area contributed by atoms with Gasteiger partial charge in [0.25, 0.3) is 5.91 Å². The van der Waals surface area contributed by atoms with Gasteiger partial charge in [-0.1, -0.05) is 11.6 Å². The first-order valence-corrected chi connectivity index (χ1v) is 7.20. The summed E-state index contributed by atoms with van der Waals surface area (Å²) in [6.45, 7) is 5.00. The summed E-state index contributed by atoms with van der Waals surface area (Å²) >= 11 is 6.04. The minimum Gasteiger partial charge on any atom is -0.383 e. The monoisotopic (exact) mass is 297 g/mol. The number of rotatable bonds is 4. The van der Waals surface area contributed by atoms with Crippen molar-refractivity contribution >= 4 is 17.5 Å². The Morgan fingerprint density at radius 3 is 3.00 bits per heavy atom. The predicted octanol–water partition coefficient (Wildman–Crippen LogP) is 1.53. The summed E-state index contributed by atoms with van der Waals surface area (Å²) in [6.07, 6.45) is 4.08. The van der Waals surface area contributed by atoms with Crippen LogP contribution in [0.3, 0.4) is 0 Å². The van der Waals surface area contributed by atoms with E-state index in [1.807, 2.05) is 4.90 Å². The van der Waals surface area contributed by atoms with Crippen LogP contribution in [-0.4, -0.2) is 67.1 Å². The summed E-state index contributed by atoms with van der Waals surface area (Å²) in [5.41, 5.74) is 0.534. The molecule has 1 aromatic heterocycles. The number of amides is 1. The normalized spacial score (nSPS) is 17.0. The summed E-state index contributed by atoms with van der Waals surface area (Å²) in [4.78, 5) is 20.6. The van der Waals surface area contributed by atoms with E-state index in [2.05, 4.69) is 9.88 Å². The Morgan fingerprint density at radius 2 is 2.25 bits per heavy atom. The third-order valence-electron chi connectivity index (χ3n) is 3.49. The van der Waals surface area contributed by atoms with Crippen molar-refractivity contribution in [1.82, 2.24) is 14.8 Å². The Morgan fingerprint density at radius 1 is 1.40 bits per heavy atom. The summed E-state index contributed by atoms with van der Waals surface area (Å²) in [7, 11) is 1.71. The van der Waals surface area contributed by atoms with Crippen molar-refractivity contribution in [2.45, 2.75) is 6.42 Å². The van der Waals surface area contributed by atoms with Crippen molar-refractivity contribution in [2.24, 2.45) is 0 Å². The van der Waals surface area contributed by atoms with Crippen molar-refractivity contribution in [3.05, 3.63) is 29.0 Å². The number of pyridine rings is 1. The summed E-state index contributed by atoms with van der Waals surface area (Å²) < 4.78 is 5.10. The molecule has 0 atom stereocenters. The van der Waals surface area contributed by atoms with Crippen molar-refractivity contribution in [3.8, 4) is 0 Å². The highest BCUT2D eigenvalue weighted by atomic mass is 35.5. The fourth-order valence-electron chi connectivity index (χ4n) is 2.34. The first-order valence-electron chi connectivity index (χ1n) is 6.82. The summed E-state index contributed by atoms with van der Waals surface area (Å²) in [6, 6.07) is 1.68. The first kappa shape index (κ1) is 15.2. The molecule has 1 saturated heterocycles. The van der Waals surface area contributed by atoms with Gasteiger partial charge in [0.2, 0.25) is 0 Å². The highest BCUT2D eigenvalue weighted by Crippen LogP contribution is 2.17. The average Bonchev–Trinajstić information content (AvgIpc) is 2.70. The fraction of sp³-hybridized carbons (Fsp3) is 0.571. The van der Waals surface area contributed by atoms with Gasteiger partial charge in [0.05, 0.1) is 17.2 Å². The van der Waals surface area contributed by atoms with Gasteiger partial charge in [-0.25, -0.2) is 0 Å². The van der Waals surface area contributed by atoms with E-state index in [0.717, 1.165) is 45.8 Å². The Labute approximate surface area is 124 Å². The smallest absolute Gasteiger partial charge is 0.255 e. The van der Waals surface area contributed by atoms with Crippen molar-refractivity contribution in [2.75, 3.05) is 46.4 Å². The van der Waals surface area contributed by atoms with Gasteiger partial charge in [-0.15, -0.1) is 0 Å². The second kappa shape index (κ2) is 7.57. The third-order valence-corrected chi connectivity index (χ3v) is 3.79. The molecule has 6 heteroatoms. The van der Waals surface area contributed by atoms with Crippen LogP contribution in [0.5, 0.6) is 0 Å². The molecule has 0 N–H and O–H groups in total. The maximum absolute atomic E-state index is 12.5. The van der Waals surface area contributed by atoms with Crippen LogP contribution < -0.4 is 0 Å². The standard InChI is InChI=1S/C14H20ClN3O2/c1-20-10-9-17-5-2-6-18(8-7-17)14(19)12-3-4-16-11-13(12)15/h3-4,11H,2,5-10H2,1H3. The van der Waals surface area contributed by atoms with Crippen molar-refractivity contribution in [3.63, 3.8) is 0 Å². The molecule has 1 aromatic rings. The van der Waals surface area contributed by atoms with Crippen molar-refractivity contribution in [1.29, 1.82) is 0 Å². The van der Waals surface area contributed by atoms with E-state index >= 15 is 0 Å². The van der Waals surface area contributed by atoms with E-state index in [1.165, 1.54) is 6.20 Å². The lowest BCUT2D eigenvalue weighted by molar-refractivity contribution is 0.0759. The second-order valence-electron chi connectivity index (χ2n) is 4.84. The van der Waals surface area contributed by atoms with Gasteiger partial charge in [0.15, 0.2) is 0 Å². The van der Waals surface area contributed by atoms with Crippen LogP contribution >= 0.6 is 11.6 Å². The number of carbonyl (C=O) groups excluding carboxylic acids is 1. The summed E-state index contributed by atoms with van der Waals surface area (Å²) in [5.74, 6) is -0.00834. The number of methoxy groups -OCH3 is 1. The quantitative estimate of drug-likeness (QED) is 0.845. The molecule has 2 heterocycles. The molecule has 0 radical (unpaired) electrons. The van der Waals surface area contributed by atoms with Gasteiger partial charge in [-0.3, -0.25) is 14.7 Å². The predicted molar refractivity (Wildman–Crippen MR) is 78.1 cm³/mol. The number of hydrogen-bond donors (Lipinski definition) is 0. The SMILES string of the molecule is COCCN1CCCN(C(=O)c2ccncc2Cl)CC1. The van der Waals surface area contributed by atoms with E-state index in [9.17, 15) is 4.79 Å². The number of hydrogen-bond acceptors (Lipinski definition) is 4. The summed E-state index contributed by atoms with van der Waals surface area (Å²) in [5, 5.41) is 0.415. The first-order chi connectivity index (χ1) is 9.72. The molecule has 0 spiro atoms. The van der Waals surface area contributed by atoms with Crippen LogP contribution in [0.1, 0.15) is 16.8 Å². The lowest BCUT2D eigenvalue weighted by Crippen LogP contribution is -2.36. The van der Waals surface area contributed by atoms with Gasteiger partial charge in [0, 0.05) is 45.7 Å². The maximum atomic E-state index is 12.5. The Bertz CT molecular complexity index is 456. The minimum absolute atomic E-state index is 0.00834. The molecule has 0 bridgehead atoms. The van der Waals surface area contributed by atoms with Crippen LogP contribution in [0, 0.1) is 0 Å². The minimum atomic E-state index is -0.00834. The van der Waals surface area contributed by atoms with Gasteiger partial charge >= 0.3 is 0 Å². The average molecular weight is 298 g/mol. The molecule has 0 unspecified atom stereocenters. The van der Waals surface area contributed by atoms with Crippen LogP contribution in [0.25, 0.3) is 0 Å². The number of aromatic nitrogens is 1. The van der Waals surface area contributed by atoms with Crippen LogP contribution in [0.4, 0.5) is 0 Å². The van der Waals surface area contributed by atoms with Gasteiger partial charge in [-0.05, 0) is 19.0 Å². The number of nitrogens with zero attached hydrogens (tertiary/aromatic N) is 3. The molecular weight excluding hydrogens is 278 g/mol. The molecule has 1 amide bonds. The largest absolute Gasteiger partial charge is 0.383 e. The lowest BCUT2D eigenvalue weighted by atomic mass is 10.2. The van der Waals surface area contributed by atoms with Crippen LogP contribution in [-0.2, 0) is 4.74 Å². The number of ether oxygens (including phenoxy) is 1. The molecule has 110 valence electrons. The van der Waals surface area contributed by atoms with E-state index in [1.54, 1.807) is 19.4 Å². The molecule has 0 aromatic carbocycles. The van der Waals surface area contributed by atoms with Gasteiger partial charge < -0.3 is 9.64 Å². The molecule has 1 aliphatic heterocycles. The molecule has 0 aliphatic carbocycles. The molecule has 0 saturated carbocycles. The van der Waals surface area contributed by atoms with E-state index in [4.69, 9.17) is 16.3 Å². The molecule has 1 aliphatic rings. The van der Waals surface area contributed by atoms with Crippen molar-refractivity contribution < 1.29 is 9.53 Å². The fourth-order valence-corrected chi connectivity index (χ4v) is 2.54. The lowest BCUT2D eigenvalue weighted by Gasteiger charge is -2.22. The van der Waals surface area contributed by atoms with Gasteiger partial charge in [-0.2, -0.15) is 0 Å². The van der Waals surface area contributed by atoms with E-state index < -0.39 is 0 Å². The molecule has 20 heavy (non-hydrogen) atoms. The Balaban J connectivity index is 1.96. The van der Waals surface area contributed by atoms with Crippen LogP contribution in [0.2, 0.25) is 5.02 Å². The number of halogens is 1. The molecule has 1 fully saturated rings. The zero-order chi connectivity index (χ0) is 14.4. The molecule has 2 rings (SSSR count). The maximum Gasteiger partial charge on any atom is 0.255 e. The Kier molecular flexibility index (Phi) is 5.76. The third kappa shape index (κ3) is 3.91. The molecule has 5 nitrogen and oxygen atoms in total. The molecular formula is C14H20ClN3O2. The highest BCUT2D eigenvalue weighted by Gasteiger charge is 2.21. The Hall–Kier alpha value is -1.17. The zero-order valence-corrected chi connectivity index (χ0v) is 12.5. The van der Waals surface area contributed by atoms with E-state index in [0.29, 0.717) is 10.6 Å². The zero-order valence-electron chi connectivity index (χ0n) is 11.7. The number of carbonyl (C=O) groups is 1. The van der Waals surface area contributed by atoms with E-state index in [-0.39, 0.29) is 5.91 Å². The van der Waals surface area contributed by atoms with Crippen LogP contribution in [0.15, 0.2) is 18.5 Å². The topological polar surface area (TPSA) is 45.7 Å². The van der Waals surface area contributed by atoms with Gasteiger partial charge in [0.1, 0.15) is 0 Å². The second-order valence-corrected chi connectivity index (χ2v) is 5.24.